The summed E-state index contributed by atoms with van der Waals surface area (Å²) in [5.74, 6) is -0.501. The lowest BCUT2D eigenvalue weighted by atomic mass is 10.5. The molecule has 0 saturated carbocycles. The number of nitrogens with two attached hydrogens (primary N) is 1. The maximum absolute atomic E-state index is 10.7. The molecule has 0 aromatic carbocycles. The van der Waals surface area contributed by atoms with Crippen LogP contribution in [-0.2, 0) is 6.54 Å². The maximum atomic E-state index is 10.7. The van der Waals surface area contributed by atoms with Gasteiger partial charge < -0.3 is 16.2 Å². The van der Waals surface area contributed by atoms with Crippen LogP contribution in [0.3, 0.4) is 0 Å². The fraction of sp³-hybridized carbons (Fsp3) is 0.429. The Morgan fingerprint density at radius 2 is 2.54 bits per heavy atom. The highest BCUT2D eigenvalue weighted by Crippen LogP contribution is 2.08. The minimum atomic E-state index is -0.501. The minimum Gasteiger partial charge on any atom is -0.395 e. The van der Waals surface area contributed by atoms with E-state index in [0.717, 1.165) is 5.69 Å². The zero-order valence-electron chi connectivity index (χ0n) is 6.99. The number of carbonyl (C=O) groups excluding carboxylic acids is 1. The molecule has 1 aromatic heterocycles. The topological polar surface area (TPSA) is 88.2 Å². The van der Waals surface area contributed by atoms with Gasteiger partial charge in [0.25, 0.3) is 5.91 Å². The Balaban J connectivity index is 2.44. The van der Waals surface area contributed by atoms with Crippen LogP contribution in [0, 0.1) is 0 Å². The highest BCUT2D eigenvalue weighted by atomic mass is 32.1. The molecule has 0 atom stereocenters. The molecule has 13 heavy (non-hydrogen) atoms. The molecule has 0 aliphatic rings. The number of rotatable bonds is 5. The monoisotopic (exact) mass is 201 g/mol. The molecule has 0 bridgehead atoms. The van der Waals surface area contributed by atoms with Gasteiger partial charge in [0.05, 0.1) is 12.3 Å². The predicted molar refractivity (Wildman–Crippen MR) is 49.4 cm³/mol. The molecule has 6 heteroatoms. The summed E-state index contributed by atoms with van der Waals surface area (Å²) in [6.45, 7) is 1.15. The first-order chi connectivity index (χ1) is 6.24. The van der Waals surface area contributed by atoms with E-state index in [4.69, 9.17) is 10.8 Å². The maximum Gasteiger partial charge on any atom is 0.277 e. The van der Waals surface area contributed by atoms with Crippen LogP contribution in [0.4, 0.5) is 0 Å². The number of nitrogens with one attached hydrogen (secondary N) is 1. The van der Waals surface area contributed by atoms with E-state index in [2.05, 4.69) is 10.3 Å². The summed E-state index contributed by atoms with van der Waals surface area (Å²) in [7, 11) is 0. The summed E-state index contributed by atoms with van der Waals surface area (Å²) in [6, 6.07) is 0. The first-order valence-corrected chi connectivity index (χ1v) is 4.68. The van der Waals surface area contributed by atoms with E-state index in [1.807, 2.05) is 0 Å². The van der Waals surface area contributed by atoms with Gasteiger partial charge in [-0.2, -0.15) is 0 Å². The number of hydrogen-bond donors (Lipinski definition) is 3. The summed E-state index contributed by atoms with van der Waals surface area (Å²) in [5, 5.41) is 13.5. The van der Waals surface area contributed by atoms with Gasteiger partial charge in [-0.25, -0.2) is 4.98 Å². The molecule has 0 fully saturated rings. The Labute approximate surface area is 79.6 Å². The number of hydrogen-bond acceptors (Lipinski definition) is 5. The first kappa shape index (κ1) is 10.1. The van der Waals surface area contributed by atoms with E-state index >= 15 is 0 Å². The number of thiazole rings is 1. The lowest BCUT2D eigenvalue weighted by Crippen LogP contribution is -2.18. The van der Waals surface area contributed by atoms with Crippen molar-refractivity contribution in [2.75, 3.05) is 13.2 Å². The Hall–Kier alpha value is -0.980. The van der Waals surface area contributed by atoms with Crippen molar-refractivity contribution in [2.45, 2.75) is 6.54 Å². The van der Waals surface area contributed by atoms with Crippen molar-refractivity contribution in [1.29, 1.82) is 0 Å². The molecule has 5 nitrogen and oxygen atoms in total. The highest BCUT2D eigenvalue weighted by Gasteiger charge is 2.05. The summed E-state index contributed by atoms with van der Waals surface area (Å²) >= 11 is 1.23. The first-order valence-electron chi connectivity index (χ1n) is 3.80. The molecular formula is C7H11N3O2S. The number of primary amides is 1. The molecule has 1 heterocycles. The van der Waals surface area contributed by atoms with Gasteiger partial charge in [-0.15, -0.1) is 11.3 Å². The normalized spacial score (nSPS) is 10.2. The molecular weight excluding hydrogens is 190 g/mol. The van der Waals surface area contributed by atoms with Gasteiger partial charge in [0.15, 0.2) is 5.01 Å². The predicted octanol–water partition coefficient (Wildman–Crippen LogP) is -0.676. The number of carbonyl (C=O) groups is 1. The fourth-order valence-corrected chi connectivity index (χ4v) is 1.47. The van der Waals surface area contributed by atoms with Crippen molar-refractivity contribution in [1.82, 2.24) is 10.3 Å². The molecule has 0 radical (unpaired) electrons. The fourth-order valence-electron chi connectivity index (χ4n) is 0.797. The van der Waals surface area contributed by atoms with Crippen molar-refractivity contribution in [2.24, 2.45) is 5.73 Å². The Morgan fingerprint density at radius 3 is 3.08 bits per heavy atom. The van der Waals surface area contributed by atoms with Crippen molar-refractivity contribution >= 4 is 17.2 Å². The lowest BCUT2D eigenvalue weighted by Gasteiger charge is -1.97. The second kappa shape index (κ2) is 4.90. The van der Waals surface area contributed by atoms with Crippen LogP contribution in [0.25, 0.3) is 0 Å². The van der Waals surface area contributed by atoms with Gasteiger partial charge in [0.2, 0.25) is 0 Å². The Morgan fingerprint density at radius 1 is 1.77 bits per heavy atom. The molecule has 0 saturated heterocycles. The molecule has 1 aromatic rings. The molecule has 0 unspecified atom stereocenters. The van der Waals surface area contributed by atoms with Crippen LogP contribution in [0.15, 0.2) is 5.38 Å². The lowest BCUT2D eigenvalue weighted by molar-refractivity contribution is 0.0999. The van der Waals surface area contributed by atoms with E-state index in [1.54, 1.807) is 5.38 Å². The van der Waals surface area contributed by atoms with E-state index in [9.17, 15) is 4.79 Å². The average Bonchev–Trinajstić information content (AvgIpc) is 2.53. The van der Waals surface area contributed by atoms with Gasteiger partial charge in [-0.3, -0.25) is 4.79 Å². The zero-order chi connectivity index (χ0) is 9.68. The molecule has 0 aliphatic heterocycles. The van der Waals surface area contributed by atoms with Crippen LogP contribution in [0.1, 0.15) is 15.5 Å². The number of aliphatic hydroxyl groups excluding tert-OH is 1. The van der Waals surface area contributed by atoms with Gasteiger partial charge in [-0.05, 0) is 0 Å². The minimum absolute atomic E-state index is 0.0901. The summed E-state index contributed by atoms with van der Waals surface area (Å²) < 4.78 is 0. The van der Waals surface area contributed by atoms with Crippen LogP contribution in [0.5, 0.6) is 0 Å². The number of aromatic nitrogens is 1. The van der Waals surface area contributed by atoms with Crippen LogP contribution < -0.4 is 11.1 Å². The molecule has 4 N–H and O–H groups in total. The Bertz CT molecular complexity index is 287. The second-order valence-corrected chi connectivity index (χ2v) is 3.27. The van der Waals surface area contributed by atoms with Gasteiger partial charge in [0.1, 0.15) is 0 Å². The zero-order valence-corrected chi connectivity index (χ0v) is 7.80. The standard InChI is InChI=1S/C7H11N3O2S/c8-6(12)7-10-5(4-13-7)3-9-1-2-11/h4,9,11H,1-3H2,(H2,8,12). The molecule has 0 aliphatic carbocycles. The Kier molecular flexibility index (Phi) is 3.81. The molecule has 72 valence electrons. The summed E-state index contributed by atoms with van der Waals surface area (Å²) in [6.07, 6.45) is 0. The van der Waals surface area contributed by atoms with Crippen molar-refractivity contribution in [3.8, 4) is 0 Å². The van der Waals surface area contributed by atoms with Crippen molar-refractivity contribution in [3.05, 3.63) is 16.1 Å². The van der Waals surface area contributed by atoms with Crippen molar-refractivity contribution in [3.63, 3.8) is 0 Å². The number of aliphatic hydroxyl groups is 1. The third-order valence-electron chi connectivity index (χ3n) is 1.36. The summed E-state index contributed by atoms with van der Waals surface area (Å²) in [5.41, 5.74) is 5.80. The van der Waals surface area contributed by atoms with Gasteiger partial charge in [0, 0.05) is 18.5 Å². The van der Waals surface area contributed by atoms with E-state index < -0.39 is 5.91 Å². The molecule has 0 spiro atoms. The van der Waals surface area contributed by atoms with Gasteiger partial charge in [-0.1, -0.05) is 0 Å². The van der Waals surface area contributed by atoms with Gasteiger partial charge >= 0.3 is 0 Å². The summed E-state index contributed by atoms with van der Waals surface area (Å²) in [4.78, 5) is 14.6. The van der Waals surface area contributed by atoms with Crippen LogP contribution in [-0.4, -0.2) is 29.1 Å². The average molecular weight is 201 g/mol. The largest absolute Gasteiger partial charge is 0.395 e. The van der Waals surface area contributed by atoms with Crippen LogP contribution in [0.2, 0.25) is 0 Å². The second-order valence-electron chi connectivity index (χ2n) is 2.41. The third-order valence-corrected chi connectivity index (χ3v) is 2.26. The number of amides is 1. The quantitative estimate of drug-likeness (QED) is 0.551. The number of nitrogens with zero attached hydrogens (tertiary/aromatic N) is 1. The van der Waals surface area contributed by atoms with Crippen LogP contribution >= 0.6 is 11.3 Å². The molecule has 1 rings (SSSR count). The van der Waals surface area contributed by atoms with E-state index in [1.165, 1.54) is 11.3 Å². The van der Waals surface area contributed by atoms with Crippen molar-refractivity contribution < 1.29 is 9.90 Å². The van der Waals surface area contributed by atoms with E-state index in [-0.39, 0.29) is 6.61 Å². The smallest absolute Gasteiger partial charge is 0.277 e. The SMILES string of the molecule is NC(=O)c1nc(CNCCO)cs1. The van der Waals surface area contributed by atoms with E-state index in [0.29, 0.717) is 18.1 Å². The third kappa shape index (κ3) is 3.10. The highest BCUT2D eigenvalue weighted by molar-refractivity contribution is 7.11. The molecule has 1 amide bonds.